The van der Waals surface area contributed by atoms with Gasteiger partial charge in [-0.3, -0.25) is 14.9 Å². The summed E-state index contributed by atoms with van der Waals surface area (Å²) in [7, 11) is 0. The topological polar surface area (TPSA) is 84.2 Å². The summed E-state index contributed by atoms with van der Waals surface area (Å²) in [6.07, 6.45) is 0. The number of carbonyl (C=O) groups excluding carboxylic acids is 2. The highest BCUT2D eigenvalue weighted by molar-refractivity contribution is 7.80. The van der Waals surface area contributed by atoms with Crippen LogP contribution in [-0.4, -0.2) is 16.9 Å². The van der Waals surface area contributed by atoms with Crippen molar-refractivity contribution in [3.63, 3.8) is 0 Å². The van der Waals surface area contributed by atoms with E-state index in [1.807, 2.05) is 19.1 Å². The van der Waals surface area contributed by atoms with Crippen LogP contribution in [0.4, 0.5) is 0 Å². The summed E-state index contributed by atoms with van der Waals surface area (Å²) in [4.78, 5) is 23.5. The van der Waals surface area contributed by atoms with Gasteiger partial charge in [0.15, 0.2) is 5.11 Å². The molecule has 2 aromatic carbocycles. The molecule has 0 aliphatic rings. The average Bonchev–Trinajstić information content (AvgIpc) is 2.53. The second-order valence-electron chi connectivity index (χ2n) is 4.97. The van der Waals surface area contributed by atoms with E-state index < -0.39 is 5.91 Å². The summed E-state index contributed by atoms with van der Waals surface area (Å²) in [6, 6.07) is 14.2. The van der Waals surface area contributed by atoms with E-state index in [0.29, 0.717) is 23.2 Å². The first-order valence-corrected chi connectivity index (χ1v) is 7.42. The monoisotopic (exact) mass is 327 g/mol. The van der Waals surface area contributed by atoms with E-state index in [0.717, 1.165) is 5.56 Å². The summed E-state index contributed by atoms with van der Waals surface area (Å²) in [5.41, 5.74) is 7.90. The van der Waals surface area contributed by atoms with Crippen LogP contribution in [0.1, 0.15) is 31.8 Å². The molecule has 6 heteroatoms. The minimum atomic E-state index is -0.503. The van der Waals surface area contributed by atoms with Crippen molar-refractivity contribution in [2.45, 2.75) is 13.5 Å². The first-order valence-electron chi connectivity index (χ1n) is 7.01. The number of nitrogens with two attached hydrogens (primary N) is 1. The number of nitrogens with one attached hydrogen (secondary N) is 2. The van der Waals surface area contributed by atoms with Gasteiger partial charge in [-0.1, -0.05) is 36.4 Å². The zero-order valence-corrected chi connectivity index (χ0v) is 13.4. The summed E-state index contributed by atoms with van der Waals surface area (Å²) >= 11 is 5.12. The predicted octanol–water partition coefficient (Wildman–Crippen LogP) is 1.90. The van der Waals surface area contributed by atoms with Crippen molar-refractivity contribution in [2.75, 3.05) is 0 Å². The smallest absolute Gasteiger partial charge is 0.257 e. The fourth-order valence-corrected chi connectivity index (χ4v) is 2.30. The molecule has 0 saturated heterocycles. The predicted molar refractivity (Wildman–Crippen MR) is 93.0 cm³/mol. The Morgan fingerprint density at radius 3 is 2.30 bits per heavy atom. The molecule has 0 fully saturated rings. The van der Waals surface area contributed by atoms with Gasteiger partial charge in [0.2, 0.25) is 5.91 Å². The van der Waals surface area contributed by atoms with Gasteiger partial charge in [-0.15, -0.1) is 0 Å². The van der Waals surface area contributed by atoms with Crippen molar-refractivity contribution in [1.82, 2.24) is 10.6 Å². The molecule has 0 bridgehead atoms. The van der Waals surface area contributed by atoms with Gasteiger partial charge in [0.05, 0.1) is 0 Å². The third kappa shape index (κ3) is 4.37. The lowest BCUT2D eigenvalue weighted by molar-refractivity contribution is 0.0972. The van der Waals surface area contributed by atoms with Gasteiger partial charge >= 0.3 is 0 Å². The second kappa shape index (κ2) is 7.51. The Labute approximate surface area is 139 Å². The Hall–Kier alpha value is -2.73. The molecule has 23 heavy (non-hydrogen) atoms. The molecular weight excluding hydrogens is 310 g/mol. The molecule has 2 rings (SSSR count). The molecule has 0 aromatic heterocycles. The van der Waals surface area contributed by atoms with Crippen LogP contribution in [0, 0.1) is 6.92 Å². The SMILES string of the molecule is Cc1ccccc1C(=O)NC(=S)NCc1ccccc1C(N)=O. The molecule has 0 aliphatic carbocycles. The number of benzene rings is 2. The lowest BCUT2D eigenvalue weighted by atomic mass is 10.1. The summed E-state index contributed by atoms with van der Waals surface area (Å²) in [5, 5.41) is 5.72. The van der Waals surface area contributed by atoms with E-state index in [9.17, 15) is 9.59 Å². The molecular formula is C17H17N3O2S. The van der Waals surface area contributed by atoms with Gasteiger partial charge in [-0.25, -0.2) is 0 Å². The fraction of sp³-hybridized carbons (Fsp3) is 0.118. The summed E-state index contributed by atoms with van der Waals surface area (Å²) in [6.45, 7) is 2.15. The van der Waals surface area contributed by atoms with Crippen molar-refractivity contribution in [1.29, 1.82) is 0 Å². The quantitative estimate of drug-likeness (QED) is 0.749. The summed E-state index contributed by atoms with van der Waals surface area (Å²) in [5.74, 6) is -0.777. The highest BCUT2D eigenvalue weighted by Gasteiger charge is 2.11. The van der Waals surface area contributed by atoms with Gasteiger partial charge in [0, 0.05) is 17.7 Å². The minimum absolute atomic E-state index is 0.192. The summed E-state index contributed by atoms with van der Waals surface area (Å²) < 4.78 is 0. The molecule has 0 saturated carbocycles. The maximum atomic E-state index is 12.1. The molecule has 0 spiro atoms. The van der Waals surface area contributed by atoms with Crippen LogP contribution in [0.25, 0.3) is 0 Å². The largest absolute Gasteiger partial charge is 0.366 e. The average molecular weight is 327 g/mol. The molecule has 0 radical (unpaired) electrons. The van der Waals surface area contributed by atoms with Gasteiger partial charge < -0.3 is 11.1 Å². The second-order valence-corrected chi connectivity index (χ2v) is 5.38. The number of primary amides is 1. The third-order valence-corrected chi connectivity index (χ3v) is 3.59. The molecule has 2 amide bonds. The molecule has 118 valence electrons. The van der Waals surface area contributed by atoms with Crippen LogP contribution in [0.15, 0.2) is 48.5 Å². The van der Waals surface area contributed by atoms with E-state index in [2.05, 4.69) is 10.6 Å². The van der Waals surface area contributed by atoms with Crippen LogP contribution in [0.2, 0.25) is 0 Å². The molecule has 4 N–H and O–H groups in total. The van der Waals surface area contributed by atoms with Gasteiger partial charge in [0.1, 0.15) is 0 Å². The first kappa shape index (κ1) is 16.6. The Morgan fingerprint density at radius 1 is 1.04 bits per heavy atom. The van der Waals surface area contributed by atoms with E-state index in [4.69, 9.17) is 18.0 Å². The number of aryl methyl sites for hydroxylation is 1. The highest BCUT2D eigenvalue weighted by atomic mass is 32.1. The van der Waals surface area contributed by atoms with E-state index in [-0.39, 0.29) is 11.0 Å². The maximum Gasteiger partial charge on any atom is 0.257 e. The molecule has 0 heterocycles. The number of carbonyl (C=O) groups is 2. The van der Waals surface area contributed by atoms with Crippen LogP contribution in [0.3, 0.4) is 0 Å². The van der Waals surface area contributed by atoms with Crippen molar-refractivity contribution >= 4 is 29.1 Å². The third-order valence-electron chi connectivity index (χ3n) is 3.34. The van der Waals surface area contributed by atoms with E-state index in [1.165, 1.54) is 0 Å². The van der Waals surface area contributed by atoms with Crippen LogP contribution >= 0.6 is 12.2 Å². The Balaban J connectivity index is 1.97. The van der Waals surface area contributed by atoms with Gasteiger partial charge in [0.25, 0.3) is 5.91 Å². The zero-order chi connectivity index (χ0) is 16.8. The van der Waals surface area contributed by atoms with Crippen LogP contribution in [0.5, 0.6) is 0 Å². The Bertz CT molecular complexity index is 759. The number of thiocarbonyl (C=S) groups is 1. The maximum absolute atomic E-state index is 12.1. The van der Waals surface area contributed by atoms with Crippen LogP contribution in [-0.2, 0) is 6.54 Å². The molecule has 0 unspecified atom stereocenters. The van der Waals surface area contributed by atoms with Crippen molar-refractivity contribution < 1.29 is 9.59 Å². The molecule has 0 atom stereocenters. The fourth-order valence-electron chi connectivity index (χ4n) is 2.13. The Morgan fingerprint density at radius 2 is 1.65 bits per heavy atom. The van der Waals surface area contributed by atoms with Crippen molar-refractivity contribution in [2.24, 2.45) is 5.73 Å². The van der Waals surface area contributed by atoms with E-state index >= 15 is 0 Å². The first-order chi connectivity index (χ1) is 11.0. The van der Waals surface area contributed by atoms with Gasteiger partial charge in [-0.05, 0) is 42.4 Å². The number of hydrogen-bond donors (Lipinski definition) is 3. The van der Waals surface area contributed by atoms with Crippen molar-refractivity contribution in [3.8, 4) is 0 Å². The number of rotatable bonds is 4. The number of hydrogen-bond acceptors (Lipinski definition) is 3. The lowest BCUT2D eigenvalue weighted by Crippen LogP contribution is -2.39. The molecule has 2 aromatic rings. The van der Waals surface area contributed by atoms with E-state index in [1.54, 1.807) is 36.4 Å². The number of amides is 2. The zero-order valence-electron chi connectivity index (χ0n) is 12.6. The standard InChI is InChI=1S/C17H17N3O2S/c1-11-6-2-4-8-13(11)16(22)20-17(23)19-10-12-7-3-5-9-14(12)15(18)21/h2-9H,10H2,1H3,(H2,18,21)(H2,19,20,22,23). The molecule has 5 nitrogen and oxygen atoms in total. The van der Waals surface area contributed by atoms with Gasteiger partial charge in [-0.2, -0.15) is 0 Å². The lowest BCUT2D eigenvalue weighted by Gasteiger charge is -2.12. The Kier molecular flexibility index (Phi) is 5.43. The minimum Gasteiger partial charge on any atom is -0.366 e. The molecule has 0 aliphatic heterocycles. The van der Waals surface area contributed by atoms with Crippen molar-refractivity contribution in [3.05, 3.63) is 70.8 Å². The van der Waals surface area contributed by atoms with Crippen LogP contribution < -0.4 is 16.4 Å². The normalized spacial score (nSPS) is 9.96. The highest BCUT2D eigenvalue weighted by Crippen LogP contribution is 2.08.